The molecule has 0 spiro atoms. The molecule has 5 heteroatoms. The summed E-state index contributed by atoms with van der Waals surface area (Å²) >= 11 is 8.97. The van der Waals surface area contributed by atoms with Crippen molar-refractivity contribution in [1.82, 2.24) is 0 Å². The van der Waals surface area contributed by atoms with E-state index in [2.05, 4.69) is 15.9 Å². The molecule has 1 fully saturated rings. The van der Waals surface area contributed by atoms with Crippen molar-refractivity contribution in [3.63, 3.8) is 0 Å². The van der Waals surface area contributed by atoms with Gasteiger partial charge >= 0.3 is 0 Å². The topological polar surface area (TPSA) is 29.5 Å². The van der Waals surface area contributed by atoms with Gasteiger partial charge in [0.05, 0.1) is 16.7 Å². The van der Waals surface area contributed by atoms with E-state index >= 15 is 0 Å². The van der Waals surface area contributed by atoms with Gasteiger partial charge in [0.15, 0.2) is 0 Å². The summed E-state index contributed by atoms with van der Waals surface area (Å²) in [6.07, 6.45) is 2.41. The molecule has 0 heterocycles. The predicted octanol–water partition coefficient (Wildman–Crippen LogP) is 4.23. The predicted molar refractivity (Wildman–Crippen MR) is 72.3 cm³/mol. The number of benzene rings is 1. The zero-order valence-corrected chi connectivity index (χ0v) is 12.4. The average Bonchev–Trinajstić information content (AvgIpc) is 2.31. The molecular formula is C13H15BrClFO2. The molecule has 100 valence electrons. The second kappa shape index (κ2) is 5.45. The molecule has 0 amide bonds. The maximum Gasteiger partial charge on any atom is 0.148 e. The summed E-state index contributed by atoms with van der Waals surface area (Å²) in [6.45, 7) is 0. The Kier molecular flexibility index (Phi) is 4.32. The van der Waals surface area contributed by atoms with Gasteiger partial charge in [-0.15, -0.1) is 0 Å². The number of hydrogen-bond acceptors (Lipinski definition) is 2. The van der Waals surface area contributed by atoms with Crippen LogP contribution in [-0.2, 0) is 4.74 Å². The average molecular weight is 338 g/mol. The second-order valence-electron chi connectivity index (χ2n) is 4.73. The van der Waals surface area contributed by atoms with Gasteiger partial charge in [0.1, 0.15) is 5.82 Å². The van der Waals surface area contributed by atoms with Crippen molar-refractivity contribution in [2.75, 3.05) is 7.11 Å². The molecule has 1 unspecified atom stereocenters. The molecule has 0 aliphatic heterocycles. The van der Waals surface area contributed by atoms with Gasteiger partial charge in [-0.1, -0.05) is 17.7 Å². The Morgan fingerprint density at radius 1 is 1.56 bits per heavy atom. The first-order chi connectivity index (χ1) is 8.49. The van der Waals surface area contributed by atoms with Crippen LogP contribution in [-0.4, -0.2) is 17.8 Å². The molecule has 1 aliphatic carbocycles. The lowest BCUT2D eigenvalue weighted by Crippen LogP contribution is -2.40. The molecule has 0 bridgehead atoms. The van der Waals surface area contributed by atoms with Crippen LogP contribution in [0.2, 0.25) is 5.02 Å². The third-order valence-corrected chi connectivity index (χ3v) is 4.95. The summed E-state index contributed by atoms with van der Waals surface area (Å²) in [5, 5.41) is 10.2. The molecule has 1 aromatic rings. The van der Waals surface area contributed by atoms with Crippen LogP contribution in [0.3, 0.4) is 0 Å². The lowest BCUT2D eigenvalue weighted by molar-refractivity contribution is -0.100. The van der Waals surface area contributed by atoms with Gasteiger partial charge in [-0.25, -0.2) is 4.39 Å². The van der Waals surface area contributed by atoms with E-state index in [1.54, 1.807) is 19.2 Å². The number of hydrogen-bond donors (Lipinski definition) is 1. The molecule has 0 saturated heterocycles. The van der Waals surface area contributed by atoms with Crippen molar-refractivity contribution in [2.45, 2.75) is 37.4 Å². The zero-order valence-electron chi connectivity index (χ0n) is 10.0. The molecule has 2 nitrogen and oxygen atoms in total. The van der Waals surface area contributed by atoms with Gasteiger partial charge in [0.25, 0.3) is 0 Å². The SMILES string of the molecule is COC1(CC(O)c2ccc(Br)c(Cl)c2F)CCC1. The molecule has 2 rings (SSSR count). The van der Waals surface area contributed by atoms with Crippen LogP contribution >= 0.6 is 27.5 Å². The van der Waals surface area contributed by atoms with E-state index in [1.165, 1.54) is 0 Å². The molecule has 1 aliphatic rings. The fourth-order valence-corrected chi connectivity index (χ4v) is 2.80. The Morgan fingerprint density at radius 3 is 2.72 bits per heavy atom. The van der Waals surface area contributed by atoms with E-state index in [0.29, 0.717) is 10.9 Å². The van der Waals surface area contributed by atoms with Crippen LogP contribution in [0, 0.1) is 5.82 Å². The Morgan fingerprint density at radius 2 is 2.22 bits per heavy atom. The van der Waals surface area contributed by atoms with Crippen LogP contribution in [0.1, 0.15) is 37.4 Å². The number of rotatable bonds is 4. The van der Waals surface area contributed by atoms with E-state index in [1.807, 2.05) is 0 Å². The lowest BCUT2D eigenvalue weighted by atomic mass is 9.75. The summed E-state index contributed by atoms with van der Waals surface area (Å²) in [4.78, 5) is 0. The van der Waals surface area contributed by atoms with Gasteiger partial charge < -0.3 is 9.84 Å². The molecule has 0 radical (unpaired) electrons. The van der Waals surface area contributed by atoms with Crippen molar-refractivity contribution < 1.29 is 14.2 Å². The third-order valence-electron chi connectivity index (χ3n) is 3.69. The van der Waals surface area contributed by atoms with Crippen LogP contribution in [0.25, 0.3) is 0 Å². The first kappa shape index (κ1) is 14.3. The summed E-state index contributed by atoms with van der Waals surface area (Å²) in [5.41, 5.74) is -0.0719. The van der Waals surface area contributed by atoms with Crippen LogP contribution in [0.4, 0.5) is 4.39 Å². The van der Waals surface area contributed by atoms with Gasteiger partial charge in [-0.3, -0.25) is 0 Å². The van der Waals surface area contributed by atoms with Gasteiger partial charge in [0.2, 0.25) is 0 Å². The van der Waals surface area contributed by atoms with E-state index in [-0.39, 0.29) is 16.2 Å². The van der Waals surface area contributed by atoms with Crippen molar-refractivity contribution in [3.05, 3.63) is 33.0 Å². The van der Waals surface area contributed by atoms with Crippen molar-refractivity contribution in [2.24, 2.45) is 0 Å². The van der Waals surface area contributed by atoms with Gasteiger partial charge in [0, 0.05) is 23.6 Å². The molecule has 1 atom stereocenters. The Bertz CT molecular complexity index is 443. The summed E-state index contributed by atoms with van der Waals surface area (Å²) in [6, 6.07) is 3.20. The number of aliphatic hydroxyl groups excluding tert-OH is 1. The maximum atomic E-state index is 14.0. The highest BCUT2D eigenvalue weighted by Gasteiger charge is 2.39. The molecule has 1 N–H and O–H groups in total. The minimum atomic E-state index is -0.893. The van der Waals surface area contributed by atoms with Crippen molar-refractivity contribution in [1.29, 1.82) is 0 Å². The standard InChI is InChI=1S/C13H15BrClFO2/c1-18-13(5-2-6-13)7-10(17)8-3-4-9(14)11(15)12(8)16/h3-4,10,17H,2,5-7H2,1H3. The quantitative estimate of drug-likeness (QED) is 0.833. The smallest absolute Gasteiger partial charge is 0.148 e. The molecule has 1 aromatic carbocycles. The summed E-state index contributed by atoms with van der Waals surface area (Å²) in [7, 11) is 1.64. The fraction of sp³-hybridized carbons (Fsp3) is 0.538. The number of aliphatic hydroxyl groups is 1. The summed E-state index contributed by atoms with van der Waals surface area (Å²) in [5.74, 6) is -0.566. The van der Waals surface area contributed by atoms with Gasteiger partial charge in [-0.2, -0.15) is 0 Å². The zero-order chi connectivity index (χ0) is 13.3. The monoisotopic (exact) mass is 336 g/mol. The van der Waals surface area contributed by atoms with E-state index < -0.39 is 11.9 Å². The Balaban J connectivity index is 2.19. The van der Waals surface area contributed by atoms with Crippen LogP contribution in [0.15, 0.2) is 16.6 Å². The second-order valence-corrected chi connectivity index (χ2v) is 5.96. The van der Waals surface area contributed by atoms with Crippen LogP contribution in [0.5, 0.6) is 0 Å². The number of methoxy groups -OCH3 is 1. The highest BCUT2D eigenvalue weighted by Crippen LogP contribution is 2.43. The van der Waals surface area contributed by atoms with E-state index in [4.69, 9.17) is 16.3 Å². The Hall–Kier alpha value is -0.160. The molecule has 1 saturated carbocycles. The maximum absolute atomic E-state index is 14.0. The largest absolute Gasteiger partial charge is 0.388 e. The highest BCUT2D eigenvalue weighted by atomic mass is 79.9. The van der Waals surface area contributed by atoms with Crippen molar-refractivity contribution in [3.8, 4) is 0 Å². The minimum Gasteiger partial charge on any atom is -0.388 e. The molecule has 18 heavy (non-hydrogen) atoms. The number of halogens is 3. The molecule has 0 aromatic heterocycles. The van der Waals surface area contributed by atoms with Crippen LogP contribution < -0.4 is 0 Å². The summed E-state index contributed by atoms with van der Waals surface area (Å²) < 4.78 is 19.9. The lowest BCUT2D eigenvalue weighted by Gasteiger charge is -2.41. The first-order valence-corrected chi connectivity index (χ1v) is 7.03. The molecular weight excluding hydrogens is 322 g/mol. The van der Waals surface area contributed by atoms with E-state index in [9.17, 15) is 9.50 Å². The highest BCUT2D eigenvalue weighted by molar-refractivity contribution is 9.10. The fourth-order valence-electron chi connectivity index (χ4n) is 2.32. The number of ether oxygens (including phenoxy) is 1. The minimum absolute atomic E-state index is 0.00614. The Labute approximate surface area is 119 Å². The first-order valence-electron chi connectivity index (χ1n) is 5.86. The normalized spacial score (nSPS) is 19.4. The van der Waals surface area contributed by atoms with Crippen molar-refractivity contribution >= 4 is 27.5 Å². The van der Waals surface area contributed by atoms with Gasteiger partial charge in [-0.05, 0) is 41.3 Å². The van der Waals surface area contributed by atoms with E-state index in [0.717, 1.165) is 19.3 Å². The third kappa shape index (κ3) is 2.57.